The molecule has 1 spiro atoms. The number of unbranched alkanes of at least 4 members (excludes halogenated alkanes) is 9. The summed E-state index contributed by atoms with van der Waals surface area (Å²) < 4.78 is 19.1. The third-order valence-corrected chi connectivity index (χ3v) is 10.8. The normalized spacial score (nSPS) is 16.0. The molecule has 56 heavy (non-hydrogen) atoms. The average molecular weight is 769 g/mol. The average Bonchev–Trinajstić information content (AvgIpc) is 3.65. The number of carbonyl (C=O) groups excluding carboxylic acids is 5. The lowest BCUT2D eigenvalue weighted by atomic mass is 9.94. The van der Waals surface area contributed by atoms with E-state index in [1.807, 2.05) is 38.1 Å². The van der Waals surface area contributed by atoms with Crippen LogP contribution in [-0.2, 0) is 48.9 Å². The second-order valence-corrected chi connectivity index (χ2v) is 15.4. The van der Waals surface area contributed by atoms with Gasteiger partial charge in [0, 0.05) is 48.8 Å². The highest BCUT2D eigenvalue weighted by Gasteiger charge is 2.58. The predicted molar refractivity (Wildman–Crippen MR) is 215 cm³/mol. The van der Waals surface area contributed by atoms with Gasteiger partial charge < -0.3 is 20.3 Å². The van der Waals surface area contributed by atoms with Crippen LogP contribution in [0.4, 0.5) is 20.6 Å². The third-order valence-electron chi connectivity index (χ3n) is 10.8. The van der Waals surface area contributed by atoms with Crippen molar-refractivity contribution in [1.82, 2.24) is 9.80 Å². The van der Waals surface area contributed by atoms with Gasteiger partial charge in [-0.1, -0.05) is 95.0 Å². The lowest BCUT2D eigenvalue weighted by Crippen LogP contribution is -2.46. The summed E-state index contributed by atoms with van der Waals surface area (Å²) in [6.07, 6.45) is 13.4. The fraction of sp³-hybridized carbons (Fsp3) is 0.489. The molecule has 1 heterocycles. The molecule has 3 aromatic rings. The molecule has 3 aromatic carbocycles. The number of hydrogen-bond acceptors (Lipinski definition) is 6. The Morgan fingerprint density at radius 1 is 0.786 bits per heavy atom. The summed E-state index contributed by atoms with van der Waals surface area (Å²) in [5, 5.41) is 5.91. The van der Waals surface area contributed by atoms with Crippen molar-refractivity contribution >= 4 is 41.1 Å². The van der Waals surface area contributed by atoms with E-state index < -0.39 is 30.1 Å². The Bertz CT molecular complexity index is 1830. The van der Waals surface area contributed by atoms with E-state index in [-0.39, 0.29) is 43.1 Å². The van der Waals surface area contributed by atoms with Gasteiger partial charge in [0.25, 0.3) is 5.91 Å². The van der Waals surface area contributed by atoms with Crippen molar-refractivity contribution in [2.75, 3.05) is 17.2 Å². The lowest BCUT2D eigenvalue weighted by Gasteiger charge is -2.28. The Hall–Kier alpha value is -5.06. The van der Waals surface area contributed by atoms with E-state index in [0.717, 1.165) is 40.1 Å². The number of anilines is 2. The predicted octanol–water partition coefficient (Wildman–Crippen LogP) is 9.20. The van der Waals surface area contributed by atoms with Crippen molar-refractivity contribution in [3.63, 3.8) is 0 Å². The summed E-state index contributed by atoms with van der Waals surface area (Å²) in [5.74, 6) is -1.55. The Kier molecular flexibility index (Phi) is 15.2. The number of nitrogens with one attached hydrogen (secondary N) is 2. The molecule has 5 amide bonds. The fourth-order valence-corrected chi connectivity index (χ4v) is 7.53. The monoisotopic (exact) mass is 768 g/mol. The standard InChI is InChI=1S/C45H57FN4O6/c1-4-5-6-7-8-9-10-11-12-13-14-40(51)47-37-22-17-33(18-23-37)19-26-41(52)48-38-24-25-39-35(29-38)27-28-45(39)43(54)50(44(55)56-45)31-42(53)49(32(2)3)30-34-15-20-36(46)21-16-34/h15-18,20-25,29,32H,4-14,19,26-28,30-31H2,1-3H3,(H,47,51)(H,48,52)/t45-/m1/s1. The quantitative estimate of drug-likeness (QED) is 0.104. The maximum atomic E-state index is 13.8. The minimum Gasteiger partial charge on any atom is -0.427 e. The second kappa shape index (κ2) is 20.2. The van der Waals surface area contributed by atoms with Gasteiger partial charge in [0.1, 0.15) is 12.4 Å². The van der Waals surface area contributed by atoms with E-state index in [9.17, 15) is 28.4 Å². The van der Waals surface area contributed by atoms with Crippen molar-refractivity contribution in [2.24, 2.45) is 0 Å². The van der Waals surface area contributed by atoms with Gasteiger partial charge in [-0.3, -0.25) is 19.2 Å². The van der Waals surface area contributed by atoms with Crippen molar-refractivity contribution in [2.45, 2.75) is 135 Å². The molecule has 5 rings (SSSR count). The van der Waals surface area contributed by atoms with Crippen LogP contribution in [0, 0.1) is 5.82 Å². The smallest absolute Gasteiger partial charge is 0.418 e. The molecule has 0 aromatic heterocycles. The Morgan fingerprint density at radius 3 is 2.04 bits per heavy atom. The van der Waals surface area contributed by atoms with Gasteiger partial charge >= 0.3 is 6.09 Å². The molecule has 1 aliphatic carbocycles. The topological polar surface area (TPSA) is 125 Å². The molecular weight excluding hydrogens is 712 g/mol. The lowest BCUT2D eigenvalue weighted by molar-refractivity contribution is -0.142. The van der Waals surface area contributed by atoms with Crippen molar-refractivity contribution in [3.05, 3.63) is 94.8 Å². The molecule has 1 saturated heterocycles. The summed E-state index contributed by atoms with van der Waals surface area (Å²) >= 11 is 0. The summed E-state index contributed by atoms with van der Waals surface area (Å²) in [7, 11) is 0. The molecule has 0 saturated carbocycles. The molecule has 11 heteroatoms. The number of benzene rings is 3. The highest BCUT2D eigenvalue weighted by atomic mass is 19.1. The van der Waals surface area contributed by atoms with Gasteiger partial charge in [-0.25, -0.2) is 14.1 Å². The molecule has 0 bridgehead atoms. The Labute approximate surface area is 330 Å². The van der Waals surface area contributed by atoms with E-state index in [4.69, 9.17) is 4.74 Å². The fourth-order valence-electron chi connectivity index (χ4n) is 7.53. The number of aryl methyl sites for hydroxylation is 2. The number of imide groups is 1. The van der Waals surface area contributed by atoms with Gasteiger partial charge in [-0.05, 0) is 86.2 Å². The molecule has 2 aliphatic rings. The Morgan fingerprint density at radius 2 is 1.38 bits per heavy atom. The molecule has 1 fully saturated rings. The van der Waals surface area contributed by atoms with Crippen molar-refractivity contribution in [3.8, 4) is 0 Å². The molecule has 10 nitrogen and oxygen atoms in total. The summed E-state index contributed by atoms with van der Waals surface area (Å²) in [4.78, 5) is 67.9. The van der Waals surface area contributed by atoms with Crippen molar-refractivity contribution < 1.29 is 33.1 Å². The SMILES string of the molecule is CCCCCCCCCCCCC(=O)Nc1ccc(CCC(=O)Nc2ccc3c(c2)CC[C@@]32OC(=O)N(CC(=O)N(Cc3ccc(F)cc3)C(C)C)C2=O)cc1. The van der Waals surface area contributed by atoms with Crippen LogP contribution in [0.2, 0.25) is 0 Å². The zero-order valence-electron chi connectivity index (χ0n) is 33.2. The third kappa shape index (κ3) is 11.3. The van der Waals surface area contributed by atoms with Gasteiger partial charge in [0.05, 0.1) is 0 Å². The van der Waals surface area contributed by atoms with Crippen LogP contribution in [0.1, 0.15) is 126 Å². The van der Waals surface area contributed by atoms with Gasteiger partial charge in [-0.2, -0.15) is 0 Å². The summed E-state index contributed by atoms with van der Waals surface area (Å²) in [6.45, 7) is 5.62. The zero-order chi connectivity index (χ0) is 40.1. The molecule has 1 atom stereocenters. The summed E-state index contributed by atoms with van der Waals surface area (Å²) in [5.41, 5.74) is 2.82. The number of carbonyl (C=O) groups is 5. The van der Waals surface area contributed by atoms with E-state index in [2.05, 4.69) is 17.6 Å². The Balaban J connectivity index is 1.05. The van der Waals surface area contributed by atoms with E-state index in [0.29, 0.717) is 30.5 Å². The van der Waals surface area contributed by atoms with Gasteiger partial charge in [0.2, 0.25) is 23.3 Å². The van der Waals surface area contributed by atoms with Crippen LogP contribution in [0.25, 0.3) is 0 Å². The molecule has 0 radical (unpaired) electrons. The van der Waals surface area contributed by atoms with E-state index in [1.54, 1.807) is 30.3 Å². The maximum Gasteiger partial charge on any atom is 0.418 e. The van der Waals surface area contributed by atoms with E-state index in [1.165, 1.54) is 68.4 Å². The number of rotatable bonds is 21. The first-order valence-corrected chi connectivity index (χ1v) is 20.4. The van der Waals surface area contributed by atoms with Crippen LogP contribution in [-0.4, -0.2) is 52.1 Å². The summed E-state index contributed by atoms with van der Waals surface area (Å²) in [6, 6.07) is 18.3. The zero-order valence-corrected chi connectivity index (χ0v) is 33.2. The minimum absolute atomic E-state index is 0.0211. The van der Waals surface area contributed by atoms with Gasteiger partial charge in [-0.15, -0.1) is 0 Å². The first-order valence-electron chi connectivity index (χ1n) is 20.4. The number of hydrogen-bond donors (Lipinski definition) is 2. The highest BCUT2D eigenvalue weighted by Crippen LogP contribution is 2.46. The van der Waals surface area contributed by atoms with Crippen molar-refractivity contribution in [1.29, 1.82) is 0 Å². The molecular formula is C45H57FN4O6. The molecule has 1 aliphatic heterocycles. The molecule has 300 valence electrons. The molecule has 0 unspecified atom stereocenters. The molecule has 2 N–H and O–H groups in total. The largest absolute Gasteiger partial charge is 0.427 e. The number of ether oxygens (including phenoxy) is 1. The number of fused-ring (bicyclic) bond motifs is 2. The highest BCUT2D eigenvalue weighted by molar-refractivity contribution is 6.06. The van der Waals surface area contributed by atoms with Crippen LogP contribution < -0.4 is 10.6 Å². The first-order chi connectivity index (χ1) is 27.0. The van der Waals surface area contributed by atoms with Crippen LogP contribution >= 0.6 is 0 Å². The van der Waals surface area contributed by atoms with Crippen LogP contribution in [0.5, 0.6) is 0 Å². The van der Waals surface area contributed by atoms with Gasteiger partial charge in [0.15, 0.2) is 0 Å². The minimum atomic E-state index is -1.52. The number of nitrogens with zero attached hydrogens (tertiary/aromatic N) is 2. The first kappa shape index (κ1) is 42.1. The number of halogens is 1. The van der Waals surface area contributed by atoms with Crippen LogP contribution in [0.15, 0.2) is 66.7 Å². The number of amides is 5. The van der Waals surface area contributed by atoms with E-state index >= 15 is 0 Å². The van der Waals surface area contributed by atoms with Crippen LogP contribution in [0.3, 0.4) is 0 Å². The maximum absolute atomic E-state index is 13.8. The second-order valence-electron chi connectivity index (χ2n) is 15.4.